The zero-order valence-corrected chi connectivity index (χ0v) is 11.7. The molecule has 0 bridgehead atoms. The van der Waals surface area contributed by atoms with E-state index in [0.717, 1.165) is 42.4 Å². The first-order valence-electron chi connectivity index (χ1n) is 6.56. The average molecular weight is 292 g/mol. The van der Waals surface area contributed by atoms with Gasteiger partial charge in [0.15, 0.2) is 16.6 Å². The maximum atomic E-state index is 9.51. The molecule has 0 radical (unpaired) electrons. The van der Waals surface area contributed by atoms with Crippen LogP contribution >= 0.6 is 11.3 Å². The lowest BCUT2D eigenvalue weighted by molar-refractivity contribution is 0.120. The van der Waals surface area contributed by atoms with Crippen molar-refractivity contribution in [1.29, 1.82) is 0 Å². The summed E-state index contributed by atoms with van der Waals surface area (Å²) in [5.41, 5.74) is 1.56. The van der Waals surface area contributed by atoms with Crippen molar-refractivity contribution < 1.29 is 14.9 Å². The van der Waals surface area contributed by atoms with Crippen LogP contribution in [0.4, 0.5) is 5.13 Å². The maximum Gasteiger partial charge on any atom is 0.183 e. The molecular formula is C14H16N2O3S. The Kier molecular flexibility index (Phi) is 3.75. The molecule has 0 amide bonds. The molecule has 20 heavy (non-hydrogen) atoms. The van der Waals surface area contributed by atoms with E-state index in [1.807, 2.05) is 5.38 Å². The fourth-order valence-corrected chi connectivity index (χ4v) is 2.91. The molecule has 0 saturated carbocycles. The molecule has 3 N–H and O–H groups in total. The Hall–Kier alpha value is -1.79. The molecule has 5 nitrogen and oxygen atoms in total. The molecule has 1 saturated heterocycles. The lowest BCUT2D eigenvalue weighted by Gasteiger charge is -2.09. The monoisotopic (exact) mass is 292 g/mol. The summed E-state index contributed by atoms with van der Waals surface area (Å²) in [6.45, 7) is 1.62. The van der Waals surface area contributed by atoms with Gasteiger partial charge in [-0.2, -0.15) is 0 Å². The number of rotatable bonds is 4. The number of aromatic nitrogens is 1. The number of ether oxygens (including phenoxy) is 1. The van der Waals surface area contributed by atoms with E-state index in [4.69, 9.17) is 4.74 Å². The van der Waals surface area contributed by atoms with Crippen LogP contribution in [0, 0.1) is 0 Å². The Balaban J connectivity index is 1.67. The zero-order chi connectivity index (χ0) is 13.9. The van der Waals surface area contributed by atoms with Gasteiger partial charge in [0.1, 0.15) is 0 Å². The molecule has 6 heteroatoms. The van der Waals surface area contributed by atoms with E-state index >= 15 is 0 Å². The molecule has 1 aromatic heterocycles. The van der Waals surface area contributed by atoms with Crippen molar-refractivity contribution in [2.24, 2.45) is 0 Å². The molecule has 1 aliphatic rings. The van der Waals surface area contributed by atoms with Crippen LogP contribution in [0.25, 0.3) is 11.3 Å². The second kappa shape index (κ2) is 5.68. The van der Waals surface area contributed by atoms with E-state index in [1.54, 1.807) is 6.07 Å². The van der Waals surface area contributed by atoms with Crippen LogP contribution in [0.15, 0.2) is 23.6 Å². The minimum Gasteiger partial charge on any atom is -0.504 e. The highest BCUT2D eigenvalue weighted by Crippen LogP contribution is 2.32. The normalized spacial score (nSPS) is 18.3. The highest BCUT2D eigenvalue weighted by atomic mass is 32.1. The number of phenolic OH excluding ortho intramolecular Hbond substituents is 2. The van der Waals surface area contributed by atoms with E-state index in [-0.39, 0.29) is 17.6 Å². The first-order valence-corrected chi connectivity index (χ1v) is 7.44. The summed E-state index contributed by atoms with van der Waals surface area (Å²) in [7, 11) is 0. The Morgan fingerprint density at radius 2 is 2.25 bits per heavy atom. The van der Waals surface area contributed by atoms with E-state index in [2.05, 4.69) is 10.3 Å². The minimum atomic E-state index is -0.135. The van der Waals surface area contributed by atoms with Gasteiger partial charge in [-0.15, -0.1) is 11.3 Å². The van der Waals surface area contributed by atoms with Crippen LogP contribution in [0.2, 0.25) is 0 Å². The van der Waals surface area contributed by atoms with Gasteiger partial charge in [-0.3, -0.25) is 0 Å². The largest absolute Gasteiger partial charge is 0.504 e. The van der Waals surface area contributed by atoms with Crippen molar-refractivity contribution in [1.82, 2.24) is 4.98 Å². The summed E-state index contributed by atoms with van der Waals surface area (Å²) in [5, 5.41) is 24.8. The quantitative estimate of drug-likeness (QED) is 0.756. The zero-order valence-electron chi connectivity index (χ0n) is 10.9. The van der Waals surface area contributed by atoms with E-state index in [9.17, 15) is 10.2 Å². The van der Waals surface area contributed by atoms with Crippen molar-refractivity contribution in [3.05, 3.63) is 23.6 Å². The number of nitrogens with one attached hydrogen (secondary N) is 1. The number of phenols is 2. The fraction of sp³-hybridized carbons (Fsp3) is 0.357. The molecule has 1 fully saturated rings. The van der Waals surface area contributed by atoms with Crippen LogP contribution in [0.5, 0.6) is 11.5 Å². The number of benzene rings is 1. The first-order chi connectivity index (χ1) is 9.72. The van der Waals surface area contributed by atoms with Gasteiger partial charge >= 0.3 is 0 Å². The third-order valence-corrected chi connectivity index (χ3v) is 4.08. The molecule has 0 spiro atoms. The number of hydrogen-bond donors (Lipinski definition) is 3. The molecule has 1 aromatic carbocycles. The van der Waals surface area contributed by atoms with E-state index in [1.165, 1.54) is 23.5 Å². The van der Waals surface area contributed by atoms with Crippen molar-refractivity contribution in [2.75, 3.05) is 18.5 Å². The number of thiazole rings is 1. The van der Waals surface area contributed by atoms with Gasteiger partial charge in [-0.25, -0.2) is 4.98 Å². The summed E-state index contributed by atoms with van der Waals surface area (Å²) in [4.78, 5) is 4.47. The summed E-state index contributed by atoms with van der Waals surface area (Å²) >= 11 is 1.52. The predicted molar refractivity (Wildman–Crippen MR) is 78.3 cm³/mol. The minimum absolute atomic E-state index is 0.124. The SMILES string of the molecule is Oc1ccc(-c2csc(NC[C@@H]3CCCO3)n2)cc1O. The van der Waals surface area contributed by atoms with E-state index < -0.39 is 0 Å². The Morgan fingerprint density at radius 3 is 3.00 bits per heavy atom. The molecule has 0 unspecified atom stereocenters. The second-order valence-corrected chi connectivity index (χ2v) is 5.62. The number of anilines is 1. The summed E-state index contributed by atoms with van der Waals surface area (Å²) < 4.78 is 5.55. The summed E-state index contributed by atoms with van der Waals surface area (Å²) in [5.74, 6) is -0.259. The summed E-state index contributed by atoms with van der Waals surface area (Å²) in [6.07, 6.45) is 2.50. The highest BCUT2D eigenvalue weighted by molar-refractivity contribution is 7.14. The molecule has 2 heterocycles. The molecule has 2 aromatic rings. The van der Waals surface area contributed by atoms with Crippen LogP contribution in [-0.4, -0.2) is 34.5 Å². The number of hydrogen-bond acceptors (Lipinski definition) is 6. The van der Waals surface area contributed by atoms with Gasteiger partial charge in [0.05, 0.1) is 11.8 Å². The van der Waals surface area contributed by atoms with Crippen molar-refractivity contribution in [3.8, 4) is 22.8 Å². The molecule has 1 atom stereocenters. The Morgan fingerprint density at radius 1 is 1.35 bits per heavy atom. The molecule has 0 aliphatic carbocycles. The number of nitrogens with zero attached hydrogens (tertiary/aromatic N) is 1. The van der Waals surface area contributed by atoms with Crippen LogP contribution < -0.4 is 5.32 Å². The lowest BCUT2D eigenvalue weighted by atomic mass is 10.1. The Bertz CT molecular complexity index is 594. The van der Waals surface area contributed by atoms with Crippen LogP contribution in [0.1, 0.15) is 12.8 Å². The second-order valence-electron chi connectivity index (χ2n) is 4.76. The average Bonchev–Trinajstić information content (AvgIpc) is 3.10. The van der Waals surface area contributed by atoms with Crippen molar-refractivity contribution in [3.63, 3.8) is 0 Å². The molecule has 3 rings (SSSR count). The van der Waals surface area contributed by atoms with Crippen LogP contribution in [0.3, 0.4) is 0 Å². The van der Waals surface area contributed by atoms with Gasteiger partial charge in [0.2, 0.25) is 0 Å². The molecule has 106 valence electrons. The van der Waals surface area contributed by atoms with E-state index in [0.29, 0.717) is 0 Å². The maximum absolute atomic E-state index is 9.51. The van der Waals surface area contributed by atoms with Gasteiger partial charge in [-0.05, 0) is 31.0 Å². The highest BCUT2D eigenvalue weighted by Gasteiger charge is 2.15. The Labute approximate surface area is 120 Å². The van der Waals surface area contributed by atoms with Gasteiger partial charge in [-0.1, -0.05) is 0 Å². The third-order valence-electron chi connectivity index (χ3n) is 3.28. The van der Waals surface area contributed by atoms with Crippen molar-refractivity contribution in [2.45, 2.75) is 18.9 Å². The topological polar surface area (TPSA) is 74.6 Å². The predicted octanol–water partition coefficient (Wildman–Crippen LogP) is 2.81. The lowest BCUT2D eigenvalue weighted by Crippen LogP contribution is -2.18. The van der Waals surface area contributed by atoms with Gasteiger partial charge < -0.3 is 20.3 Å². The van der Waals surface area contributed by atoms with Gasteiger partial charge in [0, 0.05) is 24.1 Å². The van der Waals surface area contributed by atoms with Gasteiger partial charge in [0.25, 0.3) is 0 Å². The number of aromatic hydroxyl groups is 2. The fourth-order valence-electron chi connectivity index (χ4n) is 2.18. The third kappa shape index (κ3) is 2.86. The summed E-state index contributed by atoms with van der Waals surface area (Å²) in [6, 6.07) is 4.70. The standard InChI is InChI=1S/C14H16N2O3S/c17-12-4-3-9(6-13(12)18)11-8-20-14(16-11)15-7-10-2-1-5-19-10/h3-4,6,8,10,17-18H,1-2,5,7H2,(H,15,16)/t10-/m0/s1. The molecular weight excluding hydrogens is 276 g/mol. The van der Waals surface area contributed by atoms with Crippen molar-refractivity contribution >= 4 is 16.5 Å². The first kappa shape index (κ1) is 13.2. The van der Waals surface area contributed by atoms with Crippen LogP contribution in [-0.2, 0) is 4.74 Å². The smallest absolute Gasteiger partial charge is 0.183 e. The molecule has 1 aliphatic heterocycles.